The second kappa shape index (κ2) is 4.79. The van der Waals surface area contributed by atoms with E-state index in [1.54, 1.807) is 19.1 Å². The van der Waals surface area contributed by atoms with Crippen LogP contribution in [0.5, 0.6) is 0 Å². The largest absolute Gasteiger partial charge is 0.359 e. The quantitative estimate of drug-likeness (QED) is 0.684. The number of nitriles is 1. The van der Waals surface area contributed by atoms with Gasteiger partial charge >= 0.3 is 0 Å². The van der Waals surface area contributed by atoms with Crippen molar-refractivity contribution in [3.8, 4) is 17.9 Å². The number of pyridine rings is 1. The van der Waals surface area contributed by atoms with Crippen molar-refractivity contribution in [3.63, 3.8) is 0 Å². The molecule has 0 unspecified atom stereocenters. The molecule has 13 heavy (non-hydrogen) atoms. The monoisotopic (exact) mass is 171 g/mol. The van der Waals surface area contributed by atoms with Crippen LogP contribution in [-0.2, 0) is 0 Å². The summed E-state index contributed by atoms with van der Waals surface area (Å²) in [5.41, 5.74) is 0.562. The molecule has 0 spiro atoms. The van der Waals surface area contributed by atoms with Gasteiger partial charge in [-0.3, -0.25) is 0 Å². The van der Waals surface area contributed by atoms with Crippen molar-refractivity contribution < 1.29 is 0 Å². The molecular weight excluding hydrogens is 162 g/mol. The Morgan fingerprint density at radius 2 is 2.38 bits per heavy atom. The van der Waals surface area contributed by atoms with Crippen LogP contribution in [-0.4, -0.2) is 11.5 Å². The molecular formula is C10H9N3. The Morgan fingerprint density at radius 3 is 2.92 bits per heavy atom. The summed E-state index contributed by atoms with van der Waals surface area (Å²) in [5, 5.41) is 11.5. The van der Waals surface area contributed by atoms with E-state index in [-0.39, 0.29) is 0 Å². The van der Waals surface area contributed by atoms with E-state index in [4.69, 9.17) is 5.26 Å². The van der Waals surface area contributed by atoms with Gasteiger partial charge in [-0.05, 0) is 19.1 Å². The summed E-state index contributed by atoms with van der Waals surface area (Å²) < 4.78 is 0. The first-order chi connectivity index (χ1) is 6.36. The molecule has 0 bridgehead atoms. The Labute approximate surface area is 77.4 Å². The van der Waals surface area contributed by atoms with Crippen molar-refractivity contribution in [2.45, 2.75) is 6.92 Å². The van der Waals surface area contributed by atoms with Crippen LogP contribution in [0.25, 0.3) is 0 Å². The van der Waals surface area contributed by atoms with Crippen molar-refractivity contribution in [2.75, 3.05) is 11.9 Å². The maximum Gasteiger partial charge on any atom is 0.126 e. The zero-order chi connectivity index (χ0) is 9.52. The van der Waals surface area contributed by atoms with E-state index in [1.807, 2.05) is 6.07 Å². The molecule has 1 heterocycles. The van der Waals surface area contributed by atoms with Crippen LogP contribution in [0.15, 0.2) is 18.3 Å². The van der Waals surface area contributed by atoms with Gasteiger partial charge in [0.15, 0.2) is 0 Å². The number of anilines is 1. The van der Waals surface area contributed by atoms with Crippen LogP contribution in [0.2, 0.25) is 0 Å². The lowest BCUT2D eigenvalue weighted by Crippen LogP contribution is -2.00. The molecule has 0 fully saturated rings. The highest BCUT2D eigenvalue weighted by Gasteiger charge is 1.91. The molecule has 0 aliphatic rings. The molecule has 0 aromatic carbocycles. The topological polar surface area (TPSA) is 48.7 Å². The lowest BCUT2D eigenvalue weighted by molar-refractivity contribution is 1.23. The van der Waals surface area contributed by atoms with E-state index in [1.165, 1.54) is 6.20 Å². The molecule has 1 aromatic heterocycles. The van der Waals surface area contributed by atoms with E-state index < -0.39 is 0 Å². The van der Waals surface area contributed by atoms with Crippen LogP contribution in [0.3, 0.4) is 0 Å². The Hall–Kier alpha value is -2.00. The highest BCUT2D eigenvalue weighted by molar-refractivity contribution is 5.39. The van der Waals surface area contributed by atoms with Crippen molar-refractivity contribution in [2.24, 2.45) is 0 Å². The minimum atomic E-state index is 0.562. The van der Waals surface area contributed by atoms with Crippen LogP contribution in [0.1, 0.15) is 12.5 Å². The van der Waals surface area contributed by atoms with Crippen molar-refractivity contribution in [1.29, 1.82) is 5.26 Å². The Kier molecular flexibility index (Phi) is 3.35. The smallest absolute Gasteiger partial charge is 0.126 e. The number of hydrogen-bond donors (Lipinski definition) is 1. The fraction of sp³-hybridized carbons (Fsp3) is 0.200. The van der Waals surface area contributed by atoms with Crippen molar-refractivity contribution in [1.82, 2.24) is 4.98 Å². The second-order valence-corrected chi connectivity index (χ2v) is 2.32. The Bertz CT molecular complexity index is 362. The molecule has 3 heteroatoms. The first kappa shape index (κ1) is 9.09. The zero-order valence-electron chi connectivity index (χ0n) is 7.33. The predicted molar refractivity (Wildman–Crippen MR) is 50.9 cm³/mol. The van der Waals surface area contributed by atoms with E-state index >= 15 is 0 Å². The van der Waals surface area contributed by atoms with E-state index in [2.05, 4.69) is 22.1 Å². The molecule has 0 saturated carbocycles. The summed E-state index contributed by atoms with van der Waals surface area (Å²) in [4.78, 5) is 4.02. The molecule has 0 amide bonds. The summed E-state index contributed by atoms with van der Waals surface area (Å²) in [5.74, 6) is 6.36. The molecule has 1 aromatic rings. The van der Waals surface area contributed by atoms with Crippen LogP contribution in [0.4, 0.5) is 5.82 Å². The maximum atomic E-state index is 8.51. The van der Waals surface area contributed by atoms with Gasteiger partial charge in [0.1, 0.15) is 11.9 Å². The summed E-state index contributed by atoms with van der Waals surface area (Å²) >= 11 is 0. The number of hydrogen-bond acceptors (Lipinski definition) is 3. The fourth-order valence-corrected chi connectivity index (χ4v) is 0.788. The third-order valence-electron chi connectivity index (χ3n) is 1.43. The minimum Gasteiger partial charge on any atom is -0.359 e. The average Bonchev–Trinajstić information content (AvgIpc) is 2.19. The van der Waals surface area contributed by atoms with Gasteiger partial charge in [0, 0.05) is 6.20 Å². The van der Waals surface area contributed by atoms with Crippen LogP contribution in [0, 0.1) is 23.2 Å². The minimum absolute atomic E-state index is 0.562. The zero-order valence-corrected chi connectivity index (χ0v) is 7.33. The number of aromatic nitrogens is 1. The van der Waals surface area contributed by atoms with Gasteiger partial charge in [-0.25, -0.2) is 4.98 Å². The van der Waals surface area contributed by atoms with Crippen LogP contribution >= 0.6 is 0 Å². The van der Waals surface area contributed by atoms with Gasteiger partial charge < -0.3 is 5.32 Å². The molecule has 1 rings (SSSR count). The normalized spacial score (nSPS) is 8.00. The molecule has 3 nitrogen and oxygen atoms in total. The predicted octanol–water partition coefficient (Wildman–Crippen LogP) is 1.39. The molecule has 0 aliphatic carbocycles. The summed E-state index contributed by atoms with van der Waals surface area (Å²) in [6.45, 7) is 2.36. The average molecular weight is 171 g/mol. The highest BCUT2D eigenvalue weighted by Crippen LogP contribution is 2.02. The number of nitrogens with one attached hydrogen (secondary N) is 1. The third-order valence-corrected chi connectivity index (χ3v) is 1.43. The first-order valence-corrected chi connectivity index (χ1v) is 3.86. The van der Waals surface area contributed by atoms with Gasteiger partial charge in [-0.1, -0.05) is 5.92 Å². The second-order valence-electron chi connectivity index (χ2n) is 2.32. The van der Waals surface area contributed by atoms with Crippen LogP contribution < -0.4 is 5.32 Å². The van der Waals surface area contributed by atoms with E-state index in [9.17, 15) is 0 Å². The molecule has 0 aliphatic heterocycles. The first-order valence-electron chi connectivity index (χ1n) is 3.86. The summed E-state index contributed by atoms with van der Waals surface area (Å²) in [6.07, 6.45) is 1.53. The molecule has 0 saturated heterocycles. The fourth-order valence-electron chi connectivity index (χ4n) is 0.788. The van der Waals surface area contributed by atoms with E-state index in [0.717, 1.165) is 5.82 Å². The SMILES string of the molecule is CC#CCNc1ccc(C#N)cn1. The standard InChI is InChI=1S/C10H9N3/c1-2-3-6-12-10-5-4-9(7-11)8-13-10/h4-5,8H,6H2,1H3,(H,12,13). The molecule has 64 valence electrons. The van der Waals surface area contributed by atoms with Gasteiger partial charge in [0.25, 0.3) is 0 Å². The van der Waals surface area contributed by atoms with E-state index in [0.29, 0.717) is 12.1 Å². The van der Waals surface area contributed by atoms with Gasteiger partial charge in [-0.2, -0.15) is 5.26 Å². The molecule has 1 N–H and O–H groups in total. The molecule has 0 radical (unpaired) electrons. The van der Waals surface area contributed by atoms with Crippen molar-refractivity contribution >= 4 is 5.82 Å². The Morgan fingerprint density at radius 1 is 1.54 bits per heavy atom. The summed E-state index contributed by atoms with van der Waals surface area (Å²) in [7, 11) is 0. The van der Waals surface area contributed by atoms with Gasteiger partial charge in [0.2, 0.25) is 0 Å². The van der Waals surface area contributed by atoms with Crippen molar-refractivity contribution in [3.05, 3.63) is 23.9 Å². The highest BCUT2D eigenvalue weighted by atomic mass is 15.0. The lowest BCUT2D eigenvalue weighted by atomic mass is 10.3. The Balaban J connectivity index is 2.58. The summed E-state index contributed by atoms with van der Waals surface area (Å²) in [6, 6.07) is 5.48. The van der Waals surface area contributed by atoms with Gasteiger partial charge in [0.05, 0.1) is 12.1 Å². The lowest BCUT2D eigenvalue weighted by Gasteiger charge is -1.99. The number of nitrogens with zero attached hydrogens (tertiary/aromatic N) is 2. The maximum absolute atomic E-state index is 8.51. The number of rotatable bonds is 2. The third kappa shape index (κ3) is 2.84. The van der Waals surface area contributed by atoms with Gasteiger partial charge in [-0.15, -0.1) is 5.92 Å². The molecule has 0 atom stereocenters.